The molecule has 2 aromatic rings. The molecule has 0 aliphatic heterocycles. The van der Waals surface area contributed by atoms with E-state index in [4.69, 9.17) is 11.6 Å². The highest BCUT2D eigenvalue weighted by atomic mass is 35.5. The summed E-state index contributed by atoms with van der Waals surface area (Å²) in [6, 6.07) is 6.72. The van der Waals surface area contributed by atoms with Crippen LogP contribution in [0.2, 0.25) is 5.02 Å². The van der Waals surface area contributed by atoms with Gasteiger partial charge < -0.3 is 15.5 Å². The number of carbonyl (C=O) groups excluding carboxylic acids is 1. The van der Waals surface area contributed by atoms with Gasteiger partial charge in [0, 0.05) is 17.3 Å². The number of aliphatic hydroxyl groups excluding tert-OH is 1. The molecular formula is C23H24ClF2NO5S. The van der Waals surface area contributed by atoms with Gasteiger partial charge in [0.1, 0.15) is 0 Å². The number of aliphatic hydroxyl groups is 2. The predicted molar refractivity (Wildman–Crippen MR) is 119 cm³/mol. The zero-order valence-electron chi connectivity index (χ0n) is 17.8. The number of halogens is 3. The molecule has 2 aromatic carbocycles. The van der Waals surface area contributed by atoms with Gasteiger partial charge in [0.05, 0.1) is 26.9 Å². The minimum absolute atomic E-state index is 0.00801. The lowest BCUT2D eigenvalue weighted by molar-refractivity contribution is -0.103. The van der Waals surface area contributed by atoms with E-state index in [1.54, 1.807) is 0 Å². The Balaban J connectivity index is 1.62. The second kappa shape index (κ2) is 8.61. The van der Waals surface area contributed by atoms with Crippen LogP contribution >= 0.6 is 11.6 Å². The third kappa shape index (κ3) is 4.39. The third-order valence-corrected chi connectivity index (χ3v) is 9.76. The number of amides is 1. The highest BCUT2D eigenvalue weighted by molar-refractivity contribution is 7.92. The van der Waals surface area contributed by atoms with Crippen LogP contribution in [0, 0.1) is 23.5 Å². The van der Waals surface area contributed by atoms with E-state index in [0.717, 1.165) is 12.1 Å². The maximum absolute atomic E-state index is 13.6. The van der Waals surface area contributed by atoms with E-state index in [2.05, 4.69) is 5.32 Å². The number of hydrogen-bond acceptors (Lipinski definition) is 5. The molecule has 2 aliphatic carbocycles. The van der Waals surface area contributed by atoms with E-state index in [0.29, 0.717) is 12.8 Å². The normalized spacial score (nSPS) is 27.9. The van der Waals surface area contributed by atoms with Gasteiger partial charge in [-0.05, 0) is 74.8 Å². The summed E-state index contributed by atoms with van der Waals surface area (Å²) >= 11 is 6.23. The molecule has 2 saturated carbocycles. The van der Waals surface area contributed by atoms with Crippen molar-refractivity contribution in [3.8, 4) is 0 Å². The molecule has 2 fully saturated rings. The molecule has 4 rings (SSSR count). The zero-order valence-corrected chi connectivity index (χ0v) is 19.3. The van der Waals surface area contributed by atoms with Crippen LogP contribution in [0.1, 0.15) is 43.0 Å². The zero-order chi connectivity index (χ0) is 24.1. The Bertz CT molecular complexity index is 1190. The molecule has 0 aromatic heterocycles. The van der Waals surface area contributed by atoms with Gasteiger partial charge in [-0.15, -0.1) is 0 Å². The molecule has 3 atom stereocenters. The van der Waals surface area contributed by atoms with E-state index < -0.39 is 44.3 Å². The predicted octanol–water partition coefficient (Wildman–Crippen LogP) is 3.94. The minimum Gasteiger partial charge on any atom is -0.390 e. The standard InChI is InChI=1S/C23H24ClF2NO5S/c1-12(28)23(30)10-14-2-3-15(11-23)21(14)33(31,32)20-8-13(4-6-17(20)24)22(29)27-16-5-7-18(25)19(26)9-16/h4-9,12,14-15,21,28,30H,2-3,10-11H2,1H3,(H,27,29). The Hall–Kier alpha value is -2.07. The van der Waals surface area contributed by atoms with Crippen molar-refractivity contribution < 1.29 is 32.2 Å². The summed E-state index contributed by atoms with van der Waals surface area (Å²) in [6.45, 7) is 1.50. The number of anilines is 1. The number of hydrogen-bond donors (Lipinski definition) is 3. The number of sulfone groups is 1. The number of nitrogens with one attached hydrogen (secondary N) is 1. The second-order valence-corrected chi connectivity index (χ2v) is 11.5. The van der Waals surface area contributed by atoms with Crippen molar-refractivity contribution in [2.75, 3.05) is 5.32 Å². The van der Waals surface area contributed by atoms with Crippen molar-refractivity contribution in [1.82, 2.24) is 0 Å². The largest absolute Gasteiger partial charge is 0.390 e. The number of rotatable bonds is 5. The summed E-state index contributed by atoms with van der Waals surface area (Å²) in [5.41, 5.74) is -1.32. The highest BCUT2D eigenvalue weighted by Gasteiger charge is 2.55. The van der Waals surface area contributed by atoms with Gasteiger partial charge in [-0.2, -0.15) is 0 Å². The lowest BCUT2D eigenvalue weighted by Crippen LogP contribution is -2.51. The van der Waals surface area contributed by atoms with Crippen LogP contribution in [0.3, 0.4) is 0 Å². The van der Waals surface area contributed by atoms with Gasteiger partial charge in [-0.3, -0.25) is 4.79 Å². The molecule has 0 spiro atoms. The second-order valence-electron chi connectivity index (χ2n) is 9.02. The molecule has 0 radical (unpaired) electrons. The quantitative estimate of drug-likeness (QED) is 0.578. The van der Waals surface area contributed by atoms with Crippen LogP contribution in [0.5, 0.6) is 0 Å². The Kier molecular flexibility index (Phi) is 6.28. The molecule has 10 heteroatoms. The molecule has 33 heavy (non-hydrogen) atoms. The average molecular weight is 500 g/mol. The summed E-state index contributed by atoms with van der Waals surface area (Å²) in [7, 11) is -3.96. The van der Waals surface area contributed by atoms with Crippen LogP contribution in [0.25, 0.3) is 0 Å². The molecule has 6 nitrogen and oxygen atoms in total. The smallest absolute Gasteiger partial charge is 0.255 e. The fraction of sp³-hybridized carbons (Fsp3) is 0.435. The number of fused-ring (bicyclic) bond motifs is 2. The van der Waals surface area contributed by atoms with Crippen molar-refractivity contribution in [1.29, 1.82) is 0 Å². The van der Waals surface area contributed by atoms with Crippen molar-refractivity contribution in [2.24, 2.45) is 11.8 Å². The minimum atomic E-state index is -3.96. The Labute approximate surface area is 195 Å². The fourth-order valence-corrected chi connectivity index (χ4v) is 8.05. The van der Waals surface area contributed by atoms with E-state index in [1.807, 2.05) is 0 Å². The fourth-order valence-electron chi connectivity index (χ4n) is 5.20. The Morgan fingerprint density at radius 1 is 1.12 bits per heavy atom. The average Bonchev–Trinajstić information content (AvgIpc) is 3.04. The van der Waals surface area contributed by atoms with Gasteiger partial charge in [-0.25, -0.2) is 17.2 Å². The summed E-state index contributed by atoms with van der Waals surface area (Å²) < 4.78 is 53.8. The lowest BCUT2D eigenvalue weighted by atomic mass is 9.74. The first kappa shape index (κ1) is 24.1. The number of carbonyl (C=O) groups is 1. The van der Waals surface area contributed by atoms with Crippen molar-refractivity contribution in [2.45, 2.75) is 54.5 Å². The number of benzene rings is 2. The Morgan fingerprint density at radius 2 is 1.76 bits per heavy atom. The van der Waals surface area contributed by atoms with Gasteiger partial charge in [0.25, 0.3) is 5.91 Å². The van der Waals surface area contributed by atoms with E-state index in [1.165, 1.54) is 31.2 Å². The Morgan fingerprint density at radius 3 is 2.33 bits per heavy atom. The molecule has 0 heterocycles. The summed E-state index contributed by atoms with van der Waals surface area (Å²) in [6.07, 6.45) is 0.573. The highest BCUT2D eigenvalue weighted by Crippen LogP contribution is 2.52. The molecule has 178 valence electrons. The summed E-state index contributed by atoms with van der Waals surface area (Å²) in [5, 5.41) is 22.4. The summed E-state index contributed by atoms with van der Waals surface area (Å²) in [5.74, 6) is -3.58. The van der Waals surface area contributed by atoms with Crippen LogP contribution in [0.4, 0.5) is 14.5 Å². The monoisotopic (exact) mass is 499 g/mol. The van der Waals surface area contributed by atoms with Gasteiger partial charge >= 0.3 is 0 Å². The molecule has 3 unspecified atom stereocenters. The molecule has 1 amide bonds. The maximum Gasteiger partial charge on any atom is 0.255 e. The molecule has 2 bridgehead atoms. The third-order valence-electron chi connectivity index (χ3n) is 6.88. The van der Waals surface area contributed by atoms with E-state index in [9.17, 15) is 32.2 Å². The van der Waals surface area contributed by atoms with Gasteiger partial charge in [0.2, 0.25) is 0 Å². The SMILES string of the molecule is CC(O)C1(O)CC2CCC(C1)C2S(=O)(=O)c1cc(C(=O)Nc2ccc(F)c(F)c2)ccc1Cl. The van der Waals surface area contributed by atoms with Gasteiger partial charge in [-0.1, -0.05) is 11.6 Å². The molecule has 3 N–H and O–H groups in total. The maximum atomic E-state index is 13.6. The first-order valence-corrected chi connectivity index (χ1v) is 12.5. The van der Waals surface area contributed by atoms with E-state index in [-0.39, 0.29) is 45.8 Å². The molecular weight excluding hydrogens is 476 g/mol. The first-order valence-electron chi connectivity index (χ1n) is 10.6. The van der Waals surface area contributed by atoms with Crippen molar-refractivity contribution in [3.05, 3.63) is 58.6 Å². The lowest BCUT2D eigenvalue weighted by Gasteiger charge is -2.42. The van der Waals surface area contributed by atoms with Gasteiger partial charge in [0.15, 0.2) is 21.5 Å². The van der Waals surface area contributed by atoms with Crippen LogP contribution < -0.4 is 5.32 Å². The molecule has 0 saturated heterocycles. The van der Waals surface area contributed by atoms with Crippen LogP contribution in [0.15, 0.2) is 41.3 Å². The van der Waals surface area contributed by atoms with Crippen molar-refractivity contribution >= 4 is 33.0 Å². The summed E-state index contributed by atoms with van der Waals surface area (Å²) in [4.78, 5) is 12.5. The van der Waals surface area contributed by atoms with Crippen LogP contribution in [-0.2, 0) is 9.84 Å². The van der Waals surface area contributed by atoms with E-state index >= 15 is 0 Å². The van der Waals surface area contributed by atoms with Crippen molar-refractivity contribution in [3.63, 3.8) is 0 Å². The first-order chi connectivity index (χ1) is 15.4. The molecule has 2 aliphatic rings. The topological polar surface area (TPSA) is 104 Å². The van der Waals surface area contributed by atoms with Crippen LogP contribution in [-0.4, -0.2) is 41.5 Å².